The molecule has 2 rings (SSSR count). The third-order valence-corrected chi connectivity index (χ3v) is 2.82. The van der Waals surface area contributed by atoms with Gasteiger partial charge < -0.3 is 10.6 Å². The van der Waals surface area contributed by atoms with Crippen molar-refractivity contribution in [2.75, 3.05) is 11.9 Å². The summed E-state index contributed by atoms with van der Waals surface area (Å²) in [5.41, 5.74) is 9.18. The molecular formula is C14H17N3. The number of aryl methyl sites for hydroxylation is 1. The van der Waals surface area contributed by atoms with Crippen LogP contribution in [0.25, 0.3) is 0 Å². The first kappa shape index (κ1) is 11.6. The minimum atomic E-state index is 0.534. The van der Waals surface area contributed by atoms with Crippen LogP contribution >= 0.6 is 0 Å². The summed E-state index contributed by atoms with van der Waals surface area (Å²) in [5.74, 6) is 0.936. The van der Waals surface area contributed by atoms with Gasteiger partial charge in [0.2, 0.25) is 0 Å². The molecule has 0 saturated carbocycles. The highest BCUT2D eigenvalue weighted by Gasteiger charge is 2.08. The van der Waals surface area contributed by atoms with Gasteiger partial charge in [0.1, 0.15) is 5.82 Å². The maximum absolute atomic E-state index is 5.75. The van der Waals surface area contributed by atoms with Crippen molar-refractivity contribution in [1.82, 2.24) is 4.98 Å². The maximum Gasteiger partial charge on any atom is 0.132 e. The second-order valence-corrected chi connectivity index (χ2v) is 4.08. The zero-order valence-corrected chi connectivity index (χ0v) is 10.2. The number of aromatic nitrogens is 1. The summed E-state index contributed by atoms with van der Waals surface area (Å²) in [7, 11) is 2.01. The van der Waals surface area contributed by atoms with Gasteiger partial charge in [0.25, 0.3) is 0 Å². The number of para-hydroxylation sites is 1. The molecule has 17 heavy (non-hydrogen) atoms. The minimum Gasteiger partial charge on any atom is -0.329 e. The molecule has 3 nitrogen and oxygen atoms in total. The molecule has 1 heterocycles. The number of hydrogen-bond acceptors (Lipinski definition) is 3. The molecule has 0 saturated heterocycles. The lowest BCUT2D eigenvalue weighted by Gasteiger charge is -2.21. The van der Waals surface area contributed by atoms with Gasteiger partial charge in [-0.15, -0.1) is 0 Å². The van der Waals surface area contributed by atoms with Crippen LogP contribution in [0.3, 0.4) is 0 Å². The number of pyridine rings is 1. The van der Waals surface area contributed by atoms with Gasteiger partial charge in [0.15, 0.2) is 0 Å². The summed E-state index contributed by atoms with van der Waals surface area (Å²) in [6.45, 7) is 2.60. The molecule has 0 radical (unpaired) electrons. The van der Waals surface area contributed by atoms with E-state index in [0.717, 1.165) is 17.1 Å². The van der Waals surface area contributed by atoms with Gasteiger partial charge in [0.05, 0.1) is 0 Å². The maximum atomic E-state index is 5.75. The molecule has 0 bridgehead atoms. The van der Waals surface area contributed by atoms with Crippen molar-refractivity contribution >= 4 is 11.5 Å². The number of benzene rings is 1. The fourth-order valence-electron chi connectivity index (χ4n) is 1.84. The third kappa shape index (κ3) is 2.45. The molecule has 0 spiro atoms. The average Bonchev–Trinajstić information content (AvgIpc) is 2.38. The zero-order chi connectivity index (χ0) is 12.3. The molecule has 0 amide bonds. The van der Waals surface area contributed by atoms with Crippen molar-refractivity contribution in [3.05, 3.63) is 53.7 Å². The van der Waals surface area contributed by atoms with Crippen LogP contribution in [-0.4, -0.2) is 12.0 Å². The number of hydrogen-bond donors (Lipinski definition) is 1. The lowest BCUT2D eigenvalue weighted by molar-refractivity contribution is 1.03. The Morgan fingerprint density at radius 3 is 2.71 bits per heavy atom. The van der Waals surface area contributed by atoms with Crippen LogP contribution < -0.4 is 10.6 Å². The van der Waals surface area contributed by atoms with Crippen molar-refractivity contribution in [1.29, 1.82) is 0 Å². The molecule has 0 fully saturated rings. The number of rotatable bonds is 3. The Labute approximate surface area is 102 Å². The summed E-state index contributed by atoms with van der Waals surface area (Å²) in [5, 5.41) is 0. The first-order chi connectivity index (χ1) is 8.22. The topological polar surface area (TPSA) is 42.2 Å². The smallest absolute Gasteiger partial charge is 0.132 e. The summed E-state index contributed by atoms with van der Waals surface area (Å²) in [6.07, 6.45) is 1.83. The molecule has 88 valence electrons. The molecule has 0 aliphatic carbocycles. The van der Waals surface area contributed by atoms with Crippen LogP contribution in [0.15, 0.2) is 42.6 Å². The van der Waals surface area contributed by atoms with E-state index >= 15 is 0 Å². The monoisotopic (exact) mass is 227 g/mol. The zero-order valence-electron chi connectivity index (χ0n) is 10.2. The average molecular weight is 227 g/mol. The van der Waals surface area contributed by atoms with Crippen LogP contribution in [0.2, 0.25) is 0 Å². The quantitative estimate of drug-likeness (QED) is 0.876. The van der Waals surface area contributed by atoms with E-state index in [1.165, 1.54) is 5.56 Å². The molecule has 2 N–H and O–H groups in total. The van der Waals surface area contributed by atoms with Gasteiger partial charge in [-0.1, -0.05) is 18.2 Å². The number of anilines is 2. The van der Waals surface area contributed by atoms with Crippen molar-refractivity contribution in [2.24, 2.45) is 5.73 Å². The Hall–Kier alpha value is -1.87. The van der Waals surface area contributed by atoms with Crippen LogP contribution in [0, 0.1) is 6.92 Å². The molecule has 0 atom stereocenters. The Balaban J connectivity index is 2.40. The van der Waals surface area contributed by atoms with Crippen molar-refractivity contribution < 1.29 is 0 Å². The van der Waals surface area contributed by atoms with Gasteiger partial charge in [0, 0.05) is 25.5 Å². The molecule has 0 aliphatic rings. The fraction of sp³-hybridized carbons (Fsp3) is 0.214. The molecule has 1 aromatic heterocycles. The second-order valence-electron chi connectivity index (χ2n) is 4.08. The summed E-state index contributed by atoms with van der Waals surface area (Å²) in [6, 6.07) is 12.2. The normalized spacial score (nSPS) is 10.3. The standard InChI is InChI=1S/C14H17N3/c1-11-7-8-16-14(9-11)17(2)13-6-4-3-5-12(13)10-15/h3-9H,10,15H2,1-2H3. The second kappa shape index (κ2) is 4.97. The van der Waals surface area contributed by atoms with E-state index in [1.54, 1.807) is 0 Å². The Kier molecular flexibility index (Phi) is 3.40. The van der Waals surface area contributed by atoms with Crippen molar-refractivity contribution in [3.8, 4) is 0 Å². The largest absolute Gasteiger partial charge is 0.329 e. The van der Waals surface area contributed by atoms with Crippen LogP contribution in [0.5, 0.6) is 0 Å². The third-order valence-electron chi connectivity index (χ3n) is 2.82. The predicted molar refractivity (Wildman–Crippen MR) is 71.4 cm³/mol. The number of nitrogens with zero attached hydrogens (tertiary/aromatic N) is 2. The van der Waals surface area contributed by atoms with E-state index in [4.69, 9.17) is 5.73 Å². The van der Waals surface area contributed by atoms with Crippen molar-refractivity contribution in [2.45, 2.75) is 13.5 Å². The molecule has 1 aromatic carbocycles. The van der Waals surface area contributed by atoms with E-state index < -0.39 is 0 Å². The Bertz CT molecular complexity index is 508. The van der Waals surface area contributed by atoms with Crippen molar-refractivity contribution in [3.63, 3.8) is 0 Å². The SMILES string of the molecule is Cc1ccnc(N(C)c2ccccc2CN)c1. The van der Waals surface area contributed by atoms with Gasteiger partial charge in [-0.25, -0.2) is 4.98 Å². The summed E-state index contributed by atoms with van der Waals surface area (Å²) >= 11 is 0. The molecule has 2 aromatic rings. The summed E-state index contributed by atoms with van der Waals surface area (Å²) in [4.78, 5) is 6.44. The van der Waals surface area contributed by atoms with E-state index in [0.29, 0.717) is 6.54 Å². The minimum absolute atomic E-state index is 0.534. The first-order valence-corrected chi connectivity index (χ1v) is 5.66. The predicted octanol–water partition coefficient (Wildman–Crippen LogP) is 2.62. The van der Waals surface area contributed by atoms with Gasteiger partial charge in [-0.05, 0) is 36.2 Å². The van der Waals surface area contributed by atoms with Gasteiger partial charge in [-0.3, -0.25) is 0 Å². The lowest BCUT2D eigenvalue weighted by Crippen LogP contribution is -2.14. The van der Waals surface area contributed by atoms with Crippen LogP contribution in [-0.2, 0) is 6.54 Å². The number of nitrogens with two attached hydrogens (primary N) is 1. The van der Waals surface area contributed by atoms with Crippen LogP contribution in [0.4, 0.5) is 11.5 Å². The molecule has 0 unspecified atom stereocenters. The van der Waals surface area contributed by atoms with Gasteiger partial charge in [-0.2, -0.15) is 0 Å². The van der Waals surface area contributed by atoms with E-state index in [2.05, 4.69) is 28.9 Å². The molecule has 0 aliphatic heterocycles. The fourth-order valence-corrected chi connectivity index (χ4v) is 1.84. The highest BCUT2D eigenvalue weighted by molar-refractivity contribution is 5.63. The van der Waals surface area contributed by atoms with E-state index in [-0.39, 0.29) is 0 Å². The summed E-state index contributed by atoms with van der Waals surface area (Å²) < 4.78 is 0. The van der Waals surface area contributed by atoms with Crippen LogP contribution in [0.1, 0.15) is 11.1 Å². The molecular weight excluding hydrogens is 210 g/mol. The first-order valence-electron chi connectivity index (χ1n) is 5.66. The van der Waals surface area contributed by atoms with E-state index in [1.807, 2.05) is 37.5 Å². The highest BCUT2D eigenvalue weighted by atomic mass is 15.2. The molecule has 3 heteroatoms. The Morgan fingerprint density at radius 1 is 1.24 bits per heavy atom. The van der Waals surface area contributed by atoms with Gasteiger partial charge >= 0.3 is 0 Å². The van der Waals surface area contributed by atoms with E-state index in [9.17, 15) is 0 Å². The Morgan fingerprint density at radius 2 is 2.00 bits per heavy atom. The lowest BCUT2D eigenvalue weighted by atomic mass is 10.1. The highest BCUT2D eigenvalue weighted by Crippen LogP contribution is 2.25.